The van der Waals surface area contributed by atoms with Gasteiger partial charge in [0.15, 0.2) is 5.03 Å². The van der Waals surface area contributed by atoms with Crippen LogP contribution in [0, 0.1) is 0 Å². The number of sulfonamides is 2. The van der Waals surface area contributed by atoms with E-state index in [9.17, 15) is 21.6 Å². The highest BCUT2D eigenvalue weighted by Crippen LogP contribution is 2.31. The van der Waals surface area contributed by atoms with Gasteiger partial charge in [-0.25, -0.2) is 21.8 Å². The summed E-state index contributed by atoms with van der Waals surface area (Å²) in [6, 6.07) is 12.9. The molecule has 1 fully saturated rings. The minimum Gasteiger partial charge on any atom is -0.355 e. The monoisotopic (exact) mass is 589 g/mol. The molecule has 1 unspecified atom stereocenters. The second-order valence-electron chi connectivity index (χ2n) is 9.12. The van der Waals surface area contributed by atoms with E-state index in [0.717, 1.165) is 11.7 Å². The summed E-state index contributed by atoms with van der Waals surface area (Å²) in [5.74, 6) is -0.393. The van der Waals surface area contributed by atoms with Crippen molar-refractivity contribution < 1.29 is 21.6 Å². The molecule has 12 nitrogen and oxygen atoms in total. The first-order chi connectivity index (χ1) is 18.7. The number of nitrogens with one attached hydrogen (secondary N) is 1. The molecule has 4 aromatic rings. The first-order valence-corrected chi connectivity index (χ1v) is 15.8. The molecule has 2 aromatic carbocycles. The smallest absolute Gasteiger partial charge is 0.262 e. The minimum absolute atomic E-state index is 0.0189. The number of aryl methyl sites for hydroxylation is 1. The predicted molar refractivity (Wildman–Crippen MR) is 145 cm³/mol. The summed E-state index contributed by atoms with van der Waals surface area (Å²) < 4.78 is 67.5. The van der Waals surface area contributed by atoms with E-state index >= 15 is 0 Å². The van der Waals surface area contributed by atoms with Crippen molar-refractivity contribution in [2.24, 2.45) is 7.05 Å². The largest absolute Gasteiger partial charge is 0.355 e. The number of benzene rings is 2. The van der Waals surface area contributed by atoms with Crippen LogP contribution in [0.4, 0.5) is 0 Å². The minimum atomic E-state index is -4.13. The zero-order valence-corrected chi connectivity index (χ0v) is 23.5. The zero-order valence-electron chi connectivity index (χ0n) is 21.0. The second kappa shape index (κ2) is 11.1. The van der Waals surface area contributed by atoms with Crippen LogP contribution < -0.4 is 5.32 Å². The van der Waals surface area contributed by atoms with Crippen LogP contribution in [0.1, 0.15) is 24.4 Å². The number of nitrogens with zero attached hydrogens (tertiary/aromatic N) is 6. The molecule has 0 saturated carbocycles. The van der Waals surface area contributed by atoms with E-state index in [4.69, 9.17) is 0 Å². The molecule has 1 amide bonds. The topological polar surface area (TPSA) is 147 Å². The lowest BCUT2D eigenvalue weighted by Gasteiger charge is -2.30. The molecule has 0 bridgehead atoms. The summed E-state index contributed by atoms with van der Waals surface area (Å²) in [7, 11) is -6.48. The number of fused-ring (bicyclic) bond motifs is 1. The predicted octanol–water partition coefficient (Wildman–Crippen LogP) is 1.76. The first kappa shape index (κ1) is 27.3. The summed E-state index contributed by atoms with van der Waals surface area (Å²) in [5.41, 5.74) is 1.41. The lowest BCUT2D eigenvalue weighted by Crippen LogP contribution is -2.39. The Bertz CT molecular complexity index is 1690. The van der Waals surface area contributed by atoms with Gasteiger partial charge in [-0.1, -0.05) is 36.4 Å². The lowest BCUT2D eigenvalue weighted by atomic mass is 10.0. The Morgan fingerprint density at radius 1 is 0.949 bits per heavy atom. The Balaban J connectivity index is 1.51. The van der Waals surface area contributed by atoms with Gasteiger partial charge >= 0.3 is 0 Å². The fourth-order valence-corrected chi connectivity index (χ4v) is 8.45. The van der Waals surface area contributed by atoms with Crippen LogP contribution in [0.25, 0.3) is 11.0 Å². The molecule has 0 radical (unpaired) electrons. The molecular formula is C24H27N7O5S3. The fourth-order valence-electron chi connectivity index (χ4n) is 4.60. The van der Waals surface area contributed by atoms with Gasteiger partial charge in [0.2, 0.25) is 15.9 Å². The molecule has 1 N–H and O–H groups in total. The van der Waals surface area contributed by atoms with E-state index in [0.29, 0.717) is 11.1 Å². The molecule has 1 atom stereocenters. The normalized spacial score (nSPS) is 19.0. The number of carbonyl (C=O) groups is 1. The summed E-state index contributed by atoms with van der Waals surface area (Å²) in [6.45, 7) is 0.0883. The Morgan fingerprint density at radius 3 is 2.49 bits per heavy atom. The summed E-state index contributed by atoms with van der Waals surface area (Å²) in [4.78, 5) is 17.1. The van der Waals surface area contributed by atoms with Crippen molar-refractivity contribution in [2.45, 2.75) is 28.8 Å². The van der Waals surface area contributed by atoms with Crippen molar-refractivity contribution in [1.82, 2.24) is 32.2 Å². The molecule has 0 spiro atoms. The number of hydrogen-bond acceptors (Lipinski definition) is 9. The van der Waals surface area contributed by atoms with Crippen molar-refractivity contribution in [3.63, 3.8) is 0 Å². The molecule has 1 aliphatic rings. The molecular weight excluding hydrogens is 563 g/mol. The average molecular weight is 590 g/mol. The van der Waals surface area contributed by atoms with Gasteiger partial charge in [0.05, 0.1) is 24.1 Å². The number of amides is 1. The number of aromatic nitrogens is 4. The molecule has 2 aromatic heterocycles. The van der Waals surface area contributed by atoms with Gasteiger partial charge in [-0.3, -0.25) is 4.79 Å². The molecule has 5 rings (SSSR count). The Labute approximate surface area is 230 Å². The Morgan fingerprint density at radius 2 is 1.74 bits per heavy atom. The third kappa shape index (κ3) is 5.58. The SMILES string of the molecule is Cn1cnc(S(=O)(=O)N2CCCN(S(=O)(=O)c3cccc4nsnc34)CCNC(=O)CC2c2ccccc2)c1. The maximum absolute atomic E-state index is 13.8. The third-order valence-electron chi connectivity index (χ3n) is 6.50. The molecule has 3 heterocycles. The van der Waals surface area contributed by atoms with Crippen LogP contribution in [0.2, 0.25) is 0 Å². The summed E-state index contributed by atoms with van der Waals surface area (Å²) >= 11 is 0.926. The quantitative estimate of drug-likeness (QED) is 0.370. The van der Waals surface area contributed by atoms with Crippen LogP contribution in [0.5, 0.6) is 0 Å². The van der Waals surface area contributed by atoms with E-state index < -0.39 is 32.0 Å². The van der Waals surface area contributed by atoms with E-state index in [1.165, 1.54) is 31.8 Å². The van der Waals surface area contributed by atoms with Crippen LogP contribution >= 0.6 is 11.7 Å². The molecule has 1 aliphatic heterocycles. The third-order valence-corrected chi connectivity index (χ3v) is 10.8. The van der Waals surface area contributed by atoms with Gasteiger partial charge < -0.3 is 9.88 Å². The van der Waals surface area contributed by atoms with E-state index in [-0.39, 0.29) is 54.5 Å². The Hall–Kier alpha value is -3.24. The van der Waals surface area contributed by atoms with Gasteiger partial charge in [-0.2, -0.15) is 17.4 Å². The highest BCUT2D eigenvalue weighted by atomic mass is 32.2. The maximum atomic E-state index is 13.8. The van der Waals surface area contributed by atoms with Gasteiger partial charge in [0.25, 0.3) is 10.0 Å². The Kier molecular flexibility index (Phi) is 7.77. The van der Waals surface area contributed by atoms with E-state index in [1.54, 1.807) is 43.4 Å². The molecule has 0 aliphatic carbocycles. The van der Waals surface area contributed by atoms with Crippen LogP contribution in [-0.4, -0.2) is 75.8 Å². The number of carbonyl (C=O) groups excluding carboxylic acids is 1. The molecule has 15 heteroatoms. The highest BCUT2D eigenvalue weighted by molar-refractivity contribution is 7.89. The fraction of sp³-hybridized carbons (Fsp3) is 0.333. The van der Waals surface area contributed by atoms with Gasteiger partial charge in [-0.15, -0.1) is 0 Å². The van der Waals surface area contributed by atoms with Crippen LogP contribution in [0.3, 0.4) is 0 Å². The number of hydrogen-bond donors (Lipinski definition) is 1. The summed E-state index contributed by atoms with van der Waals surface area (Å²) in [5, 5.41) is 2.62. The van der Waals surface area contributed by atoms with Crippen molar-refractivity contribution in [3.05, 3.63) is 66.6 Å². The van der Waals surface area contributed by atoms with E-state index in [2.05, 4.69) is 19.0 Å². The number of rotatable bonds is 5. The zero-order chi connectivity index (χ0) is 27.6. The first-order valence-electron chi connectivity index (χ1n) is 12.2. The van der Waals surface area contributed by atoms with Crippen molar-refractivity contribution in [3.8, 4) is 0 Å². The van der Waals surface area contributed by atoms with Gasteiger partial charge in [-0.05, 0) is 24.1 Å². The molecule has 1 saturated heterocycles. The maximum Gasteiger partial charge on any atom is 0.262 e. The van der Waals surface area contributed by atoms with Crippen molar-refractivity contribution in [1.29, 1.82) is 0 Å². The summed E-state index contributed by atoms with van der Waals surface area (Å²) in [6.07, 6.45) is 2.86. The molecule has 39 heavy (non-hydrogen) atoms. The van der Waals surface area contributed by atoms with Gasteiger partial charge in [0.1, 0.15) is 15.9 Å². The average Bonchev–Trinajstić information content (AvgIpc) is 3.57. The second-order valence-corrected chi connectivity index (χ2v) is 13.4. The van der Waals surface area contributed by atoms with Crippen LogP contribution in [-0.2, 0) is 31.9 Å². The molecule has 206 valence electrons. The van der Waals surface area contributed by atoms with E-state index in [1.807, 2.05) is 6.07 Å². The van der Waals surface area contributed by atoms with Crippen molar-refractivity contribution in [2.75, 3.05) is 26.2 Å². The number of imidazole rings is 1. The van der Waals surface area contributed by atoms with Crippen LogP contribution in [0.15, 0.2) is 71.0 Å². The van der Waals surface area contributed by atoms with Gasteiger partial charge in [0, 0.05) is 45.8 Å². The lowest BCUT2D eigenvalue weighted by molar-refractivity contribution is -0.122. The highest BCUT2D eigenvalue weighted by Gasteiger charge is 2.36. The van der Waals surface area contributed by atoms with Crippen molar-refractivity contribution >= 4 is 48.7 Å². The standard InChI is InChI=1S/C24H27N7O5S3/c1-29-16-23(26-17-29)39(35,36)31-13-6-12-30(38(33,34)21-10-5-9-19-24(21)28-37-27-19)14-11-25-22(32)15-20(31)18-7-3-2-4-8-18/h2-5,7-10,16-17,20H,6,11-15H2,1H3,(H,25,32).